The summed E-state index contributed by atoms with van der Waals surface area (Å²) in [5.41, 5.74) is 3.27. The van der Waals surface area contributed by atoms with Crippen molar-refractivity contribution in [3.8, 4) is 0 Å². The topological polar surface area (TPSA) is 120 Å². The first-order chi connectivity index (χ1) is 23.5. The van der Waals surface area contributed by atoms with Crippen molar-refractivity contribution in [2.75, 3.05) is 56.5 Å². The van der Waals surface area contributed by atoms with Gasteiger partial charge in [0.05, 0.1) is 17.8 Å². The van der Waals surface area contributed by atoms with Crippen LogP contribution in [0.25, 0.3) is 0 Å². The van der Waals surface area contributed by atoms with Crippen LogP contribution in [-0.2, 0) is 16.6 Å². The van der Waals surface area contributed by atoms with E-state index >= 15 is 4.39 Å². The maximum Gasteiger partial charge on any atom is 0.287 e. The Labute approximate surface area is 289 Å². The summed E-state index contributed by atoms with van der Waals surface area (Å²) in [4.78, 5) is 55.8. The van der Waals surface area contributed by atoms with Crippen molar-refractivity contribution in [2.24, 2.45) is 12.5 Å². The number of nitrogens with zero attached hydrogens (tertiary/aromatic N) is 5. The highest BCUT2D eigenvalue weighted by Gasteiger charge is 2.46. The zero-order chi connectivity index (χ0) is 34.4. The quantitative estimate of drug-likeness (QED) is 0.376. The van der Waals surface area contributed by atoms with Gasteiger partial charge in [-0.1, -0.05) is 29.8 Å². The molecule has 3 atom stereocenters. The van der Waals surface area contributed by atoms with Gasteiger partial charge in [-0.05, 0) is 68.5 Å². The Bertz CT molecular complexity index is 1830. The van der Waals surface area contributed by atoms with E-state index in [4.69, 9.17) is 11.6 Å². The molecule has 0 bridgehead atoms. The van der Waals surface area contributed by atoms with Crippen LogP contribution in [0, 0.1) is 11.2 Å². The minimum atomic E-state index is -0.645. The first kappa shape index (κ1) is 33.2. The highest BCUT2D eigenvalue weighted by molar-refractivity contribution is 6.32. The van der Waals surface area contributed by atoms with Crippen LogP contribution >= 0.6 is 11.6 Å². The van der Waals surface area contributed by atoms with Crippen molar-refractivity contribution in [1.29, 1.82) is 0 Å². The molecule has 5 heterocycles. The highest BCUT2D eigenvalue weighted by Crippen LogP contribution is 2.43. The Balaban J connectivity index is 0.917. The van der Waals surface area contributed by atoms with Crippen LogP contribution in [0.1, 0.15) is 65.4 Å². The number of nitrogens with one attached hydrogen (secondary N) is 2. The van der Waals surface area contributed by atoms with E-state index in [0.717, 1.165) is 56.7 Å². The zero-order valence-corrected chi connectivity index (χ0v) is 28.5. The van der Waals surface area contributed by atoms with Crippen LogP contribution in [0.15, 0.2) is 53.5 Å². The van der Waals surface area contributed by atoms with Gasteiger partial charge in [0.15, 0.2) is 0 Å². The third kappa shape index (κ3) is 6.68. The smallest absolute Gasteiger partial charge is 0.287 e. The summed E-state index contributed by atoms with van der Waals surface area (Å²) in [7, 11) is 3.65. The molecule has 4 saturated heterocycles. The van der Waals surface area contributed by atoms with Crippen molar-refractivity contribution in [3.63, 3.8) is 0 Å². The number of hydrogen-bond acceptors (Lipinski definition) is 8. The fourth-order valence-corrected chi connectivity index (χ4v) is 8.23. The van der Waals surface area contributed by atoms with E-state index in [2.05, 4.69) is 44.7 Å². The third-order valence-corrected chi connectivity index (χ3v) is 11.2. The molecule has 2 N–H and O–H groups in total. The summed E-state index contributed by atoms with van der Waals surface area (Å²) < 4.78 is 16.3. The van der Waals surface area contributed by atoms with E-state index in [1.165, 1.54) is 10.7 Å². The van der Waals surface area contributed by atoms with E-state index in [9.17, 15) is 19.2 Å². The van der Waals surface area contributed by atoms with E-state index in [1.54, 1.807) is 19.3 Å². The molecule has 49 heavy (non-hydrogen) atoms. The molecule has 13 heteroatoms. The Kier molecular flexibility index (Phi) is 8.95. The number of imide groups is 1. The van der Waals surface area contributed by atoms with Gasteiger partial charge in [0.2, 0.25) is 11.8 Å². The van der Waals surface area contributed by atoms with Gasteiger partial charge in [0.25, 0.3) is 11.5 Å². The van der Waals surface area contributed by atoms with E-state index in [0.29, 0.717) is 36.3 Å². The van der Waals surface area contributed by atoms with Crippen molar-refractivity contribution in [1.82, 2.24) is 24.9 Å². The Morgan fingerprint density at radius 3 is 2.47 bits per heavy atom. The highest BCUT2D eigenvalue weighted by atomic mass is 35.5. The lowest BCUT2D eigenvalue weighted by Crippen LogP contribution is -2.61. The molecule has 4 aliphatic rings. The normalized spacial score (nSPS) is 24.0. The number of benzene rings is 2. The van der Waals surface area contributed by atoms with Gasteiger partial charge < -0.3 is 20.0 Å². The molecule has 3 amide bonds. The average Bonchev–Trinajstić information content (AvgIpc) is 3.07. The molecule has 3 aromatic rings. The van der Waals surface area contributed by atoms with E-state index in [1.807, 2.05) is 23.1 Å². The first-order valence-electron chi connectivity index (χ1n) is 16.9. The largest absolute Gasteiger partial charge is 0.378 e. The van der Waals surface area contributed by atoms with Crippen LogP contribution in [0.4, 0.5) is 15.8 Å². The Morgan fingerprint density at radius 1 is 1.04 bits per heavy atom. The number of anilines is 2. The van der Waals surface area contributed by atoms with Gasteiger partial charge in [0.1, 0.15) is 10.8 Å². The first-order valence-corrected chi connectivity index (χ1v) is 17.3. The number of hydrogen-bond donors (Lipinski definition) is 2. The fraction of sp³-hybridized carbons (Fsp3) is 0.472. The fourth-order valence-electron chi connectivity index (χ4n) is 8.01. The molecule has 2 aromatic carbocycles. The SMILES string of the molecule is CN1CC(Nc2cnn(C)c(=O)c2Cl)CC(c2ccc(C(=O)N3CCC4(CC3)CN(c3ccc(C5CCC(=O)NC5=O)c(F)c3)C4)cc2)C1. The number of aryl methyl sites for hydroxylation is 1. The van der Waals surface area contributed by atoms with Crippen LogP contribution in [-0.4, -0.2) is 89.7 Å². The van der Waals surface area contributed by atoms with Crippen LogP contribution in [0.3, 0.4) is 0 Å². The molecular weight excluding hydrogens is 649 g/mol. The molecule has 3 unspecified atom stereocenters. The number of likely N-dealkylation sites (N-methyl/N-ethyl adjacent to an activating group) is 1. The molecule has 1 aromatic heterocycles. The second kappa shape index (κ2) is 13.2. The van der Waals surface area contributed by atoms with E-state index in [-0.39, 0.29) is 46.2 Å². The van der Waals surface area contributed by atoms with Crippen LogP contribution < -0.4 is 21.1 Å². The van der Waals surface area contributed by atoms with E-state index < -0.39 is 17.6 Å². The average molecular weight is 690 g/mol. The molecule has 4 fully saturated rings. The summed E-state index contributed by atoms with van der Waals surface area (Å²) in [6.07, 6.45) is 4.75. The molecule has 0 aliphatic carbocycles. The molecule has 11 nitrogen and oxygen atoms in total. The number of aromatic nitrogens is 2. The summed E-state index contributed by atoms with van der Waals surface area (Å²) in [5.74, 6) is -1.53. The number of halogens is 2. The van der Waals surface area contributed by atoms with Crippen molar-refractivity contribution in [3.05, 3.63) is 86.5 Å². The molecule has 0 radical (unpaired) electrons. The third-order valence-electron chi connectivity index (χ3n) is 10.8. The van der Waals surface area contributed by atoms with Gasteiger partial charge in [0, 0.05) is 81.0 Å². The number of amides is 3. The van der Waals surface area contributed by atoms with Gasteiger partial charge in [-0.3, -0.25) is 24.5 Å². The van der Waals surface area contributed by atoms with Gasteiger partial charge in [-0.25, -0.2) is 9.07 Å². The predicted molar refractivity (Wildman–Crippen MR) is 185 cm³/mol. The lowest BCUT2D eigenvalue weighted by molar-refractivity contribution is -0.134. The second-order valence-electron chi connectivity index (χ2n) is 14.3. The molecule has 1 spiro atoms. The maximum atomic E-state index is 15.1. The Hall–Kier alpha value is -4.29. The standard InChI is InChI=1S/C36H41ClFN7O4/c1-42-18-24(15-25(19-42)40-30-17-39-43(2)35(49)32(30)37)22-3-5-23(6-4-22)34(48)44-13-11-36(12-14-44)20-45(21-36)26-7-8-27(29(38)16-26)28-9-10-31(46)41-33(28)47/h3-8,16-17,24-25,28,40H,9-15,18-21H2,1-2H3,(H,41,46,47). The molecular formula is C36H41ClFN7O4. The number of piperidine rings is 3. The monoisotopic (exact) mass is 689 g/mol. The summed E-state index contributed by atoms with van der Waals surface area (Å²) >= 11 is 6.30. The van der Waals surface area contributed by atoms with Crippen molar-refractivity contribution < 1.29 is 18.8 Å². The lowest BCUT2D eigenvalue weighted by Gasteiger charge is -2.55. The second-order valence-corrected chi connectivity index (χ2v) is 14.7. The number of carbonyl (C=O) groups is 3. The van der Waals surface area contributed by atoms with Gasteiger partial charge in [-0.15, -0.1) is 0 Å². The van der Waals surface area contributed by atoms with Crippen molar-refractivity contribution >= 4 is 40.7 Å². The maximum absolute atomic E-state index is 15.1. The lowest BCUT2D eigenvalue weighted by atomic mass is 9.71. The molecule has 7 rings (SSSR count). The minimum absolute atomic E-state index is 0.0387. The minimum Gasteiger partial charge on any atom is -0.378 e. The van der Waals surface area contributed by atoms with Crippen molar-refractivity contribution in [2.45, 2.75) is 50.0 Å². The summed E-state index contributed by atoms with van der Waals surface area (Å²) in [5, 5.41) is 9.95. The molecule has 4 aliphatic heterocycles. The zero-order valence-electron chi connectivity index (χ0n) is 27.8. The van der Waals surface area contributed by atoms with Gasteiger partial charge >= 0.3 is 0 Å². The number of rotatable bonds is 6. The molecule has 258 valence electrons. The van der Waals surface area contributed by atoms with Gasteiger partial charge in [-0.2, -0.15) is 5.10 Å². The molecule has 0 saturated carbocycles. The number of likely N-dealkylation sites (tertiary alicyclic amines) is 2. The van der Waals surface area contributed by atoms with Crippen LogP contribution in [0.2, 0.25) is 5.02 Å². The van der Waals surface area contributed by atoms with Crippen LogP contribution in [0.5, 0.6) is 0 Å². The Morgan fingerprint density at radius 2 is 1.78 bits per heavy atom. The predicted octanol–water partition coefficient (Wildman–Crippen LogP) is 3.74. The number of carbonyl (C=O) groups excluding carboxylic acids is 3. The summed E-state index contributed by atoms with van der Waals surface area (Å²) in [6, 6.07) is 13.1. The summed E-state index contributed by atoms with van der Waals surface area (Å²) in [6.45, 7) is 4.65.